The normalized spacial score (nSPS) is 12.0. The lowest BCUT2D eigenvalue weighted by atomic mass is 10.2. The number of oxime groups is 1. The lowest BCUT2D eigenvalue weighted by molar-refractivity contribution is -0.137. The number of carbonyl (C=O) groups excluding carboxylic acids is 1. The molecular weight excluding hydrogens is 443 g/mol. The van der Waals surface area contributed by atoms with Gasteiger partial charge in [0.25, 0.3) is 5.91 Å². The molecule has 1 aromatic carbocycles. The van der Waals surface area contributed by atoms with Gasteiger partial charge in [-0.15, -0.1) is 11.8 Å². The van der Waals surface area contributed by atoms with Crippen LogP contribution < -0.4 is 5.32 Å². The fourth-order valence-electron chi connectivity index (χ4n) is 2.81. The highest BCUT2D eigenvalue weighted by Gasteiger charge is 2.30. The number of halogens is 3. The Morgan fingerprint density at radius 3 is 2.69 bits per heavy atom. The highest BCUT2D eigenvalue weighted by Crippen LogP contribution is 2.29. The smallest absolute Gasteiger partial charge is 0.385 e. The average Bonchev–Trinajstić information content (AvgIpc) is 3.14. The van der Waals surface area contributed by atoms with Gasteiger partial charge in [-0.05, 0) is 50.4 Å². The van der Waals surface area contributed by atoms with Crippen LogP contribution >= 0.6 is 11.8 Å². The van der Waals surface area contributed by atoms with Crippen molar-refractivity contribution >= 4 is 29.1 Å². The van der Waals surface area contributed by atoms with Crippen molar-refractivity contribution in [2.24, 2.45) is 5.16 Å². The van der Waals surface area contributed by atoms with E-state index in [4.69, 9.17) is 4.84 Å². The van der Waals surface area contributed by atoms with Crippen LogP contribution in [-0.4, -0.2) is 39.2 Å². The van der Waals surface area contributed by atoms with Gasteiger partial charge in [0.05, 0.1) is 23.2 Å². The first-order valence-corrected chi connectivity index (χ1v) is 10.6. The third-order valence-corrected chi connectivity index (χ3v) is 5.17. The molecule has 1 N–H and O–H groups in total. The molecule has 3 rings (SSSR count). The van der Waals surface area contributed by atoms with E-state index in [1.165, 1.54) is 16.9 Å². The zero-order valence-electron chi connectivity index (χ0n) is 17.5. The first kappa shape index (κ1) is 23.3. The van der Waals surface area contributed by atoms with Gasteiger partial charge < -0.3 is 10.2 Å². The number of hydrogen-bond acceptors (Lipinski definition) is 6. The van der Waals surface area contributed by atoms with Crippen LogP contribution in [-0.2, 0) is 15.8 Å². The van der Waals surface area contributed by atoms with Crippen molar-refractivity contribution in [2.75, 3.05) is 18.2 Å². The van der Waals surface area contributed by atoms with Gasteiger partial charge in [-0.2, -0.15) is 18.3 Å². The van der Waals surface area contributed by atoms with E-state index in [2.05, 4.69) is 20.6 Å². The molecule has 2 aromatic heterocycles. The van der Waals surface area contributed by atoms with E-state index in [-0.39, 0.29) is 18.3 Å². The van der Waals surface area contributed by atoms with Crippen LogP contribution in [0.4, 0.5) is 18.9 Å². The van der Waals surface area contributed by atoms with Crippen LogP contribution in [0.25, 0.3) is 5.82 Å². The Morgan fingerprint density at radius 1 is 1.25 bits per heavy atom. The summed E-state index contributed by atoms with van der Waals surface area (Å²) < 4.78 is 39.6. The Morgan fingerprint density at radius 2 is 2.03 bits per heavy atom. The Labute approximate surface area is 186 Å². The number of aromatic nitrogens is 3. The molecule has 0 bridgehead atoms. The first-order chi connectivity index (χ1) is 15.2. The van der Waals surface area contributed by atoms with Gasteiger partial charge >= 0.3 is 6.18 Å². The Balaban J connectivity index is 1.63. The molecule has 2 heterocycles. The molecule has 168 valence electrons. The Bertz CT molecular complexity index is 1130. The van der Waals surface area contributed by atoms with Crippen LogP contribution in [0.3, 0.4) is 0 Å². The van der Waals surface area contributed by atoms with Gasteiger partial charge in [-0.3, -0.25) is 4.79 Å². The summed E-state index contributed by atoms with van der Waals surface area (Å²) in [4.78, 5) is 22.1. The summed E-state index contributed by atoms with van der Waals surface area (Å²) in [6, 6.07) is 9.60. The average molecular weight is 463 g/mol. The minimum Gasteiger partial charge on any atom is -0.385 e. The summed E-state index contributed by atoms with van der Waals surface area (Å²) in [6.45, 7) is 3.12. The molecule has 7 nitrogen and oxygen atoms in total. The Kier molecular flexibility index (Phi) is 7.18. The van der Waals surface area contributed by atoms with Gasteiger partial charge in [0.2, 0.25) is 0 Å². The maximum Gasteiger partial charge on any atom is 0.417 e. The van der Waals surface area contributed by atoms with Crippen molar-refractivity contribution in [3.05, 3.63) is 65.6 Å². The second-order valence-electron chi connectivity index (χ2n) is 6.69. The van der Waals surface area contributed by atoms with Crippen molar-refractivity contribution < 1.29 is 22.8 Å². The summed E-state index contributed by atoms with van der Waals surface area (Å²) in [5.74, 6) is -0.122. The number of anilines is 1. The van der Waals surface area contributed by atoms with E-state index < -0.39 is 11.7 Å². The molecule has 32 heavy (non-hydrogen) atoms. The van der Waals surface area contributed by atoms with E-state index in [9.17, 15) is 18.0 Å². The fraction of sp³-hybridized carbons (Fsp3) is 0.238. The monoisotopic (exact) mass is 463 g/mol. The van der Waals surface area contributed by atoms with Crippen molar-refractivity contribution in [3.8, 4) is 5.82 Å². The van der Waals surface area contributed by atoms with Crippen LogP contribution in [0, 0.1) is 6.92 Å². The molecular formula is C21H20F3N5O2S. The molecule has 0 saturated carbocycles. The van der Waals surface area contributed by atoms with E-state index in [0.717, 1.165) is 17.2 Å². The number of thioether (sulfide) groups is 1. The fourth-order valence-corrected chi connectivity index (χ4v) is 3.27. The van der Waals surface area contributed by atoms with Gasteiger partial charge in [-0.25, -0.2) is 9.67 Å². The summed E-state index contributed by atoms with van der Waals surface area (Å²) >= 11 is 1.57. The molecule has 0 atom stereocenters. The number of hydrogen-bond donors (Lipinski definition) is 1. The van der Waals surface area contributed by atoms with Crippen LogP contribution in [0.15, 0.2) is 58.8 Å². The minimum absolute atomic E-state index is 0.238. The number of benzene rings is 1. The number of pyridine rings is 1. The lowest BCUT2D eigenvalue weighted by Gasteiger charge is -2.08. The van der Waals surface area contributed by atoms with Gasteiger partial charge in [0.15, 0.2) is 12.4 Å². The van der Waals surface area contributed by atoms with E-state index in [0.29, 0.717) is 22.7 Å². The van der Waals surface area contributed by atoms with Crippen LogP contribution in [0.2, 0.25) is 0 Å². The Hall–Kier alpha value is -3.34. The summed E-state index contributed by atoms with van der Waals surface area (Å²) in [7, 11) is 0. The number of nitrogens with one attached hydrogen (secondary N) is 1. The van der Waals surface area contributed by atoms with Crippen molar-refractivity contribution in [1.29, 1.82) is 0 Å². The quantitative estimate of drug-likeness (QED) is 0.312. The SMILES string of the molecule is CSc1cccc(NC(=O)CON=C(C)c2cnn(-c3ccc(C(F)(F)F)cn3)c2C)c1. The highest BCUT2D eigenvalue weighted by atomic mass is 32.2. The number of nitrogens with zero attached hydrogens (tertiary/aromatic N) is 4. The standard InChI is InChI=1S/C21H20F3N5O2S/c1-13(28-31-12-20(30)27-16-5-4-6-17(9-16)32-3)18-11-26-29(14(18)2)19-8-7-15(10-25-19)21(22,23)24/h4-11H,12H2,1-3H3,(H,27,30). The molecule has 0 unspecified atom stereocenters. The van der Waals surface area contributed by atoms with Gasteiger partial charge in [0.1, 0.15) is 0 Å². The molecule has 0 spiro atoms. The third kappa shape index (κ3) is 5.67. The molecule has 0 fully saturated rings. The molecule has 1 amide bonds. The zero-order valence-corrected chi connectivity index (χ0v) is 18.3. The highest BCUT2D eigenvalue weighted by molar-refractivity contribution is 7.98. The predicted molar refractivity (Wildman–Crippen MR) is 116 cm³/mol. The summed E-state index contributed by atoms with van der Waals surface area (Å²) in [5.41, 5.74) is 1.50. The topological polar surface area (TPSA) is 81.4 Å². The summed E-state index contributed by atoms with van der Waals surface area (Å²) in [5, 5.41) is 10.9. The third-order valence-electron chi connectivity index (χ3n) is 4.44. The molecule has 11 heteroatoms. The number of alkyl halides is 3. The van der Waals surface area contributed by atoms with Gasteiger partial charge in [0, 0.05) is 22.3 Å². The molecule has 3 aromatic rings. The van der Waals surface area contributed by atoms with Crippen molar-refractivity contribution in [1.82, 2.24) is 14.8 Å². The number of amides is 1. The van der Waals surface area contributed by atoms with E-state index in [1.54, 1.807) is 31.7 Å². The van der Waals surface area contributed by atoms with E-state index >= 15 is 0 Å². The molecule has 0 radical (unpaired) electrons. The molecule has 0 saturated heterocycles. The molecule has 0 aliphatic carbocycles. The predicted octanol–water partition coefficient (Wildman–Crippen LogP) is 4.70. The number of carbonyl (C=O) groups is 1. The zero-order chi connectivity index (χ0) is 23.3. The van der Waals surface area contributed by atoms with Gasteiger partial charge in [-0.1, -0.05) is 11.2 Å². The van der Waals surface area contributed by atoms with E-state index in [1.807, 2.05) is 24.5 Å². The lowest BCUT2D eigenvalue weighted by Crippen LogP contribution is -2.17. The molecule has 0 aliphatic rings. The first-order valence-electron chi connectivity index (χ1n) is 9.38. The summed E-state index contributed by atoms with van der Waals surface area (Å²) in [6.07, 6.45) is -0.252. The second-order valence-corrected chi connectivity index (χ2v) is 7.57. The maximum atomic E-state index is 12.7. The van der Waals surface area contributed by atoms with Crippen LogP contribution in [0.1, 0.15) is 23.7 Å². The van der Waals surface area contributed by atoms with Crippen molar-refractivity contribution in [3.63, 3.8) is 0 Å². The largest absolute Gasteiger partial charge is 0.417 e. The maximum absolute atomic E-state index is 12.7. The second kappa shape index (κ2) is 9.86. The van der Waals surface area contributed by atoms with Crippen molar-refractivity contribution in [2.45, 2.75) is 24.9 Å². The molecule has 0 aliphatic heterocycles. The number of rotatable bonds is 7. The van der Waals surface area contributed by atoms with Crippen LogP contribution in [0.5, 0.6) is 0 Å². The minimum atomic E-state index is -4.46.